The lowest BCUT2D eigenvalue weighted by molar-refractivity contribution is 0.164. The molecule has 5 nitrogen and oxygen atoms in total. The topological polar surface area (TPSA) is 57.2 Å². The fourth-order valence-electron chi connectivity index (χ4n) is 3.30. The monoisotopic (exact) mass is 402 g/mol. The fraction of sp³-hybridized carbons (Fsp3) is 0.500. The Morgan fingerprint density at radius 1 is 0.897 bits per heavy atom. The molecule has 0 fully saturated rings. The number of ether oxygens (including phenoxy) is 4. The number of methoxy groups -OCH3 is 2. The average molecular weight is 403 g/mol. The van der Waals surface area contributed by atoms with E-state index in [9.17, 15) is 5.11 Å². The van der Waals surface area contributed by atoms with Crippen LogP contribution in [0.15, 0.2) is 36.4 Å². The zero-order chi connectivity index (χ0) is 21.3. The number of aliphatic hydroxyl groups excluding tert-OH is 1. The molecule has 2 rings (SSSR count). The molecule has 160 valence electrons. The van der Waals surface area contributed by atoms with Gasteiger partial charge < -0.3 is 24.1 Å². The van der Waals surface area contributed by atoms with E-state index in [1.807, 2.05) is 24.3 Å². The number of aliphatic hydroxyl groups is 1. The number of hydrogen-bond donors (Lipinski definition) is 1. The summed E-state index contributed by atoms with van der Waals surface area (Å²) in [4.78, 5) is 0. The summed E-state index contributed by atoms with van der Waals surface area (Å²) >= 11 is 0. The Labute approximate surface area is 174 Å². The summed E-state index contributed by atoms with van der Waals surface area (Å²) in [6.07, 6.45) is 0.877. The highest BCUT2D eigenvalue weighted by molar-refractivity contribution is 5.44. The summed E-state index contributed by atoms with van der Waals surface area (Å²) in [6.45, 7) is 8.13. The summed E-state index contributed by atoms with van der Waals surface area (Å²) in [5.74, 6) is 1.59. The first-order valence-corrected chi connectivity index (χ1v) is 10.0. The van der Waals surface area contributed by atoms with Gasteiger partial charge in [0.15, 0.2) is 0 Å². The molecule has 0 amide bonds. The van der Waals surface area contributed by atoms with Gasteiger partial charge in [0, 0.05) is 30.8 Å². The maximum absolute atomic E-state index is 9.66. The van der Waals surface area contributed by atoms with E-state index in [2.05, 4.69) is 32.9 Å². The van der Waals surface area contributed by atoms with Crippen molar-refractivity contribution in [3.63, 3.8) is 0 Å². The van der Waals surface area contributed by atoms with Crippen LogP contribution in [0.1, 0.15) is 42.5 Å². The first-order chi connectivity index (χ1) is 14.0. The maximum Gasteiger partial charge on any atom is 0.130 e. The van der Waals surface area contributed by atoms with Crippen molar-refractivity contribution in [1.29, 1.82) is 0 Å². The van der Waals surface area contributed by atoms with Gasteiger partial charge in [0.2, 0.25) is 0 Å². The Morgan fingerprint density at radius 2 is 1.45 bits per heavy atom. The van der Waals surface area contributed by atoms with Crippen molar-refractivity contribution >= 4 is 0 Å². The molecular formula is C24H34O5. The van der Waals surface area contributed by atoms with E-state index in [0.29, 0.717) is 26.4 Å². The van der Waals surface area contributed by atoms with Crippen LogP contribution in [0.3, 0.4) is 0 Å². The minimum Gasteiger partial charge on any atom is -0.490 e. The number of benzene rings is 2. The van der Waals surface area contributed by atoms with E-state index < -0.39 is 0 Å². The number of hydrogen-bond acceptors (Lipinski definition) is 5. The zero-order valence-electron chi connectivity index (χ0n) is 18.3. The molecule has 2 aromatic carbocycles. The van der Waals surface area contributed by atoms with Gasteiger partial charge in [-0.25, -0.2) is 0 Å². The van der Waals surface area contributed by atoms with Gasteiger partial charge in [-0.15, -0.1) is 0 Å². The highest BCUT2D eigenvalue weighted by Crippen LogP contribution is 2.29. The van der Waals surface area contributed by atoms with Crippen LogP contribution in [0.25, 0.3) is 0 Å². The van der Waals surface area contributed by atoms with E-state index in [4.69, 9.17) is 18.9 Å². The minimum absolute atomic E-state index is 0.127. The van der Waals surface area contributed by atoms with Crippen molar-refractivity contribution in [1.82, 2.24) is 0 Å². The van der Waals surface area contributed by atoms with Crippen molar-refractivity contribution in [3.05, 3.63) is 58.7 Å². The molecule has 0 saturated heterocycles. The second kappa shape index (κ2) is 11.2. The molecule has 0 aromatic heterocycles. The third-order valence-electron chi connectivity index (χ3n) is 5.27. The third-order valence-corrected chi connectivity index (χ3v) is 5.27. The predicted molar refractivity (Wildman–Crippen MR) is 115 cm³/mol. The Hall–Kier alpha value is -2.08. The van der Waals surface area contributed by atoms with E-state index in [-0.39, 0.29) is 12.0 Å². The minimum atomic E-state index is -0.220. The maximum atomic E-state index is 9.66. The molecule has 2 aromatic rings. The molecule has 0 aliphatic heterocycles. The van der Waals surface area contributed by atoms with Crippen LogP contribution < -0.4 is 9.47 Å². The predicted octanol–water partition coefficient (Wildman–Crippen LogP) is 4.41. The molecule has 1 unspecified atom stereocenters. The van der Waals surface area contributed by atoms with Crippen LogP contribution in [-0.4, -0.2) is 39.1 Å². The zero-order valence-corrected chi connectivity index (χ0v) is 18.3. The van der Waals surface area contributed by atoms with Crippen LogP contribution >= 0.6 is 0 Å². The van der Waals surface area contributed by atoms with Crippen LogP contribution in [0.2, 0.25) is 0 Å². The highest BCUT2D eigenvalue weighted by atomic mass is 16.5. The molecule has 29 heavy (non-hydrogen) atoms. The summed E-state index contributed by atoms with van der Waals surface area (Å²) in [7, 11) is 3.35. The van der Waals surface area contributed by atoms with Crippen molar-refractivity contribution in [2.75, 3.05) is 34.0 Å². The Bertz CT molecular complexity index is 723. The molecule has 0 bridgehead atoms. The molecule has 0 aliphatic carbocycles. The molecule has 1 atom stereocenters. The molecule has 0 saturated carbocycles. The van der Waals surface area contributed by atoms with Gasteiger partial charge in [-0.1, -0.05) is 43.7 Å². The second-order valence-corrected chi connectivity index (χ2v) is 7.57. The van der Waals surface area contributed by atoms with Gasteiger partial charge >= 0.3 is 0 Å². The lowest BCUT2D eigenvalue weighted by atomic mass is 9.81. The summed E-state index contributed by atoms with van der Waals surface area (Å²) < 4.78 is 22.5. The Morgan fingerprint density at radius 3 is 1.93 bits per heavy atom. The van der Waals surface area contributed by atoms with Gasteiger partial charge in [0.1, 0.15) is 24.7 Å². The SMILES string of the molecule is CCC(C)(CO)c1ccc(OCCOc2c(COC)cc(C)cc2COC)cc1. The van der Waals surface area contributed by atoms with E-state index in [1.165, 1.54) is 0 Å². The summed E-state index contributed by atoms with van der Waals surface area (Å²) in [6, 6.07) is 12.1. The van der Waals surface area contributed by atoms with Crippen molar-refractivity contribution in [3.8, 4) is 11.5 Å². The van der Waals surface area contributed by atoms with E-state index in [0.717, 1.165) is 40.2 Å². The molecule has 0 heterocycles. The van der Waals surface area contributed by atoms with Crippen LogP contribution in [-0.2, 0) is 28.1 Å². The van der Waals surface area contributed by atoms with E-state index >= 15 is 0 Å². The number of aryl methyl sites for hydroxylation is 1. The smallest absolute Gasteiger partial charge is 0.130 e. The number of rotatable bonds is 12. The summed E-state index contributed by atoms with van der Waals surface area (Å²) in [5.41, 5.74) is 4.05. The van der Waals surface area contributed by atoms with Gasteiger partial charge in [-0.05, 0) is 31.0 Å². The summed E-state index contributed by atoms with van der Waals surface area (Å²) in [5, 5.41) is 9.66. The quantitative estimate of drug-likeness (QED) is 0.533. The normalized spacial score (nSPS) is 13.2. The highest BCUT2D eigenvalue weighted by Gasteiger charge is 2.23. The van der Waals surface area contributed by atoms with Crippen molar-refractivity contribution in [2.24, 2.45) is 0 Å². The molecule has 5 heteroatoms. The lowest BCUT2D eigenvalue weighted by Gasteiger charge is -2.26. The van der Waals surface area contributed by atoms with E-state index in [1.54, 1.807) is 14.2 Å². The fourth-order valence-corrected chi connectivity index (χ4v) is 3.30. The first-order valence-electron chi connectivity index (χ1n) is 10.0. The van der Waals surface area contributed by atoms with Crippen molar-refractivity contribution < 1.29 is 24.1 Å². The molecule has 0 aliphatic rings. The van der Waals surface area contributed by atoms with Gasteiger partial charge in [-0.2, -0.15) is 0 Å². The van der Waals surface area contributed by atoms with Crippen molar-refractivity contribution in [2.45, 2.75) is 45.8 Å². The second-order valence-electron chi connectivity index (χ2n) is 7.57. The van der Waals surface area contributed by atoms with Crippen LogP contribution in [0.5, 0.6) is 11.5 Å². The Kier molecular flexibility index (Phi) is 8.96. The average Bonchev–Trinajstić information content (AvgIpc) is 2.73. The third kappa shape index (κ3) is 6.20. The molecule has 1 N–H and O–H groups in total. The van der Waals surface area contributed by atoms with Gasteiger partial charge in [-0.3, -0.25) is 0 Å². The van der Waals surface area contributed by atoms with Crippen LogP contribution in [0.4, 0.5) is 0 Å². The molecule has 0 spiro atoms. The molecular weight excluding hydrogens is 368 g/mol. The Balaban J connectivity index is 1.98. The molecule has 0 radical (unpaired) electrons. The lowest BCUT2D eigenvalue weighted by Crippen LogP contribution is -2.25. The van der Waals surface area contributed by atoms with Gasteiger partial charge in [0.25, 0.3) is 0 Å². The van der Waals surface area contributed by atoms with Crippen LogP contribution in [0, 0.1) is 6.92 Å². The van der Waals surface area contributed by atoms with Gasteiger partial charge in [0.05, 0.1) is 19.8 Å². The standard InChI is InChI=1S/C24H34O5/c1-6-24(3,17-25)21-7-9-22(10-8-21)28-11-12-29-23-19(15-26-4)13-18(2)14-20(23)16-27-5/h7-10,13-14,25H,6,11-12,15-17H2,1-5H3. The largest absolute Gasteiger partial charge is 0.490 e. The first kappa shape index (κ1) is 23.2.